The van der Waals surface area contributed by atoms with Gasteiger partial charge in [0, 0.05) is 22.5 Å². The minimum absolute atomic E-state index is 0.134. The van der Waals surface area contributed by atoms with Gasteiger partial charge in [-0.1, -0.05) is 35.1 Å². The second-order valence-electron chi connectivity index (χ2n) is 5.00. The lowest BCUT2D eigenvalue weighted by Gasteiger charge is -2.08. The zero-order valence-electron chi connectivity index (χ0n) is 12.2. The molecule has 3 rings (SSSR count). The monoisotopic (exact) mass is 350 g/mol. The lowest BCUT2D eigenvalue weighted by molar-refractivity contribution is 0.853. The summed E-state index contributed by atoms with van der Waals surface area (Å²) in [7, 11) is 0. The van der Waals surface area contributed by atoms with Crippen LogP contribution in [0.3, 0.4) is 0 Å². The first-order valence-corrected chi connectivity index (χ1v) is 8.93. The Morgan fingerprint density at radius 3 is 2.68 bits per heavy atom. The van der Waals surface area contributed by atoms with Gasteiger partial charge in [0.15, 0.2) is 0 Å². The van der Waals surface area contributed by atoms with Gasteiger partial charge in [-0.2, -0.15) is 0 Å². The molecule has 0 aliphatic heterocycles. The first-order chi connectivity index (χ1) is 10.6. The molecule has 0 bridgehead atoms. The number of halogens is 1. The van der Waals surface area contributed by atoms with E-state index >= 15 is 0 Å². The summed E-state index contributed by atoms with van der Waals surface area (Å²) in [5.74, 6) is 0. The molecule has 0 aliphatic carbocycles. The molecule has 0 spiro atoms. The maximum Gasteiger partial charge on any atom is 0.206 e. The van der Waals surface area contributed by atoms with Gasteiger partial charge in [0.1, 0.15) is 10.0 Å². The van der Waals surface area contributed by atoms with Crippen molar-refractivity contribution in [3.63, 3.8) is 0 Å². The van der Waals surface area contributed by atoms with E-state index in [0.717, 1.165) is 32.3 Å². The number of hydrogen-bond acceptors (Lipinski definition) is 6. The summed E-state index contributed by atoms with van der Waals surface area (Å²) in [6, 6.07) is 7.94. The Kier molecular flexibility index (Phi) is 4.71. The third kappa shape index (κ3) is 3.82. The van der Waals surface area contributed by atoms with E-state index in [1.807, 2.05) is 31.2 Å². The van der Waals surface area contributed by atoms with E-state index in [9.17, 15) is 0 Å². The summed E-state index contributed by atoms with van der Waals surface area (Å²) in [6.07, 6.45) is 0.765. The molecule has 0 aliphatic rings. The molecule has 0 saturated carbocycles. The van der Waals surface area contributed by atoms with Crippen molar-refractivity contribution in [1.29, 1.82) is 0 Å². The first-order valence-electron chi connectivity index (χ1n) is 6.85. The lowest BCUT2D eigenvalue weighted by Crippen LogP contribution is -2.05. The van der Waals surface area contributed by atoms with Gasteiger partial charge in [-0.15, -0.1) is 21.5 Å². The van der Waals surface area contributed by atoms with E-state index in [1.54, 1.807) is 22.7 Å². The molecule has 4 nitrogen and oxygen atoms in total. The van der Waals surface area contributed by atoms with Gasteiger partial charge in [-0.3, -0.25) is 0 Å². The second kappa shape index (κ2) is 6.73. The summed E-state index contributed by atoms with van der Waals surface area (Å²) < 4.78 is 0. The van der Waals surface area contributed by atoms with E-state index in [0.29, 0.717) is 0 Å². The van der Waals surface area contributed by atoms with Crippen LogP contribution in [0.4, 0.5) is 5.13 Å². The third-order valence-corrected chi connectivity index (χ3v) is 5.33. The van der Waals surface area contributed by atoms with Crippen molar-refractivity contribution in [2.75, 3.05) is 5.32 Å². The molecule has 1 N–H and O–H groups in total. The molecule has 2 aromatic heterocycles. The highest BCUT2D eigenvalue weighted by molar-refractivity contribution is 7.15. The molecule has 7 heteroatoms. The largest absolute Gasteiger partial charge is 0.351 e. The predicted molar refractivity (Wildman–Crippen MR) is 93.1 cm³/mol. The average molecular weight is 351 g/mol. The highest BCUT2D eigenvalue weighted by atomic mass is 35.5. The third-order valence-electron chi connectivity index (χ3n) is 3.08. The molecule has 1 unspecified atom stereocenters. The number of hydrogen-bond donors (Lipinski definition) is 1. The van der Waals surface area contributed by atoms with Crippen LogP contribution in [0.2, 0.25) is 5.02 Å². The molecule has 3 aromatic rings. The number of aromatic nitrogens is 3. The molecule has 22 heavy (non-hydrogen) atoms. The van der Waals surface area contributed by atoms with E-state index in [4.69, 9.17) is 11.6 Å². The van der Waals surface area contributed by atoms with E-state index in [-0.39, 0.29) is 6.04 Å². The van der Waals surface area contributed by atoms with Crippen LogP contribution in [0.5, 0.6) is 0 Å². The Balaban J connectivity index is 1.64. The number of aryl methyl sites for hydroxylation is 1. The average Bonchev–Trinajstić information content (AvgIpc) is 3.11. The molecule has 0 amide bonds. The molecule has 0 fully saturated rings. The standard InChI is InChI=1S/C15H15ClN4S2/c1-9-8-21-14(17-9)10(2)18-15-20-19-13(22-15)7-11-3-5-12(16)6-4-11/h3-6,8,10H,7H2,1-2H3,(H,18,20). The summed E-state index contributed by atoms with van der Waals surface area (Å²) in [4.78, 5) is 4.49. The van der Waals surface area contributed by atoms with Crippen molar-refractivity contribution in [2.24, 2.45) is 0 Å². The van der Waals surface area contributed by atoms with Gasteiger partial charge < -0.3 is 5.32 Å². The highest BCUT2D eigenvalue weighted by Crippen LogP contribution is 2.25. The van der Waals surface area contributed by atoms with Crippen LogP contribution < -0.4 is 5.32 Å². The fraction of sp³-hybridized carbons (Fsp3) is 0.267. The number of thiazole rings is 1. The van der Waals surface area contributed by atoms with Crippen LogP contribution in [0.1, 0.15) is 34.2 Å². The topological polar surface area (TPSA) is 50.7 Å². The Hall–Kier alpha value is -1.50. The van der Waals surface area contributed by atoms with Crippen molar-refractivity contribution >= 4 is 39.4 Å². The molecular weight excluding hydrogens is 336 g/mol. The number of nitrogens with one attached hydrogen (secondary N) is 1. The number of nitrogens with zero attached hydrogens (tertiary/aromatic N) is 3. The SMILES string of the molecule is Cc1csc(C(C)Nc2nnc(Cc3ccc(Cl)cc3)s2)n1. The van der Waals surface area contributed by atoms with E-state index in [1.165, 1.54) is 5.56 Å². The van der Waals surface area contributed by atoms with Crippen molar-refractivity contribution in [3.05, 3.63) is 55.9 Å². The van der Waals surface area contributed by atoms with Crippen LogP contribution in [-0.4, -0.2) is 15.2 Å². The molecule has 0 radical (unpaired) electrons. The first kappa shape index (κ1) is 15.4. The van der Waals surface area contributed by atoms with Crippen LogP contribution in [0.15, 0.2) is 29.6 Å². The Bertz CT molecular complexity index is 751. The maximum atomic E-state index is 5.90. The van der Waals surface area contributed by atoms with E-state index < -0.39 is 0 Å². The van der Waals surface area contributed by atoms with Crippen LogP contribution in [0, 0.1) is 6.92 Å². The summed E-state index contributed by atoms with van der Waals surface area (Å²) in [5.41, 5.74) is 2.23. The molecular formula is C15H15ClN4S2. The van der Waals surface area contributed by atoms with Gasteiger partial charge >= 0.3 is 0 Å². The van der Waals surface area contributed by atoms with Crippen molar-refractivity contribution < 1.29 is 0 Å². The van der Waals surface area contributed by atoms with Gasteiger partial charge in [-0.05, 0) is 31.5 Å². The Morgan fingerprint density at radius 2 is 2.00 bits per heavy atom. The van der Waals surface area contributed by atoms with Crippen molar-refractivity contribution in [2.45, 2.75) is 26.3 Å². The number of benzene rings is 1. The summed E-state index contributed by atoms with van der Waals surface area (Å²) in [6.45, 7) is 4.08. The van der Waals surface area contributed by atoms with Crippen LogP contribution >= 0.6 is 34.3 Å². The van der Waals surface area contributed by atoms with E-state index in [2.05, 4.69) is 32.8 Å². The number of rotatable bonds is 5. The number of anilines is 1. The fourth-order valence-electron chi connectivity index (χ4n) is 1.98. The normalized spacial score (nSPS) is 12.3. The van der Waals surface area contributed by atoms with Crippen molar-refractivity contribution in [1.82, 2.24) is 15.2 Å². The molecule has 1 aromatic carbocycles. The predicted octanol–water partition coefficient (Wildman–Crippen LogP) is 4.72. The minimum Gasteiger partial charge on any atom is -0.351 e. The lowest BCUT2D eigenvalue weighted by atomic mass is 10.2. The van der Waals surface area contributed by atoms with Gasteiger partial charge in [0.2, 0.25) is 5.13 Å². The molecule has 1 atom stereocenters. The van der Waals surface area contributed by atoms with Gasteiger partial charge in [-0.25, -0.2) is 4.98 Å². The highest BCUT2D eigenvalue weighted by Gasteiger charge is 2.12. The molecule has 2 heterocycles. The summed E-state index contributed by atoms with van der Waals surface area (Å²) in [5, 5.41) is 17.5. The van der Waals surface area contributed by atoms with Crippen molar-refractivity contribution in [3.8, 4) is 0 Å². The zero-order chi connectivity index (χ0) is 15.5. The summed E-state index contributed by atoms with van der Waals surface area (Å²) >= 11 is 9.13. The fourth-order valence-corrected chi connectivity index (χ4v) is 3.77. The molecule has 114 valence electrons. The van der Waals surface area contributed by atoms with Gasteiger partial charge in [0.05, 0.1) is 6.04 Å². The minimum atomic E-state index is 0.134. The molecule has 0 saturated heterocycles. The quantitative estimate of drug-likeness (QED) is 0.723. The van der Waals surface area contributed by atoms with Crippen LogP contribution in [-0.2, 0) is 6.42 Å². The maximum absolute atomic E-state index is 5.90. The van der Waals surface area contributed by atoms with Crippen LogP contribution in [0.25, 0.3) is 0 Å². The Morgan fingerprint density at radius 1 is 1.23 bits per heavy atom. The Labute approximate surface area is 142 Å². The zero-order valence-corrected chi connectivity index (χ0v) is 14.6. The van der Waals surface area contributed by atoms with Gasteiger partial charge in [0.25, 0.3) is 0 Å². The second-order valence-corrected chi connectivity index (χ2v) is 7.39. The smallest absolute Gasteiger partial charge is 0.206 e.